The first-order valence-electron chi connectivity index (χ1n) is 11.0. The van der Waals surface area contributed by atoms with Gasteiger partial charge in [0.2, 0.25) is 0 Å². The monoisotopic (exact) mass is 520 g/mol. The molecule has 0 fully saturated rings. The Morgan fingerprint density at radius 3 is 2.64 bits per heavy atom. The number of carbonyl (C=O) groups is 2. The van der Waals surface area contributed by atoms with Crippen LogP contribution in [0.2, 0.25) is 5.15 Å². The molecule has 0 atom stereocenters. The van der Waals surface area contributed by atoms with E-state index in [1.165, 1.54) is 30.8 Å². The number of hydrogen-bond acceptors (Lipinski definition) is 8. The smallest absolute Gasteiger partial charge is 0.273 e. The fraction of sp³-hybridized carbons (Fsp3) is 0.200. The summed E-state index contributed by atoms with van der Waals surface area (Å²) >= 11 is 7.47. The van der Waals surface area contributed by atoms with Crippen molar-refractivity contribution in [3.63, 3.8) is 0 Å². The third kappa shape index (κ3) is 4.65. The van der Waals surface area contributed by atoms with Gasteiger partial charge < -0.3 is 9.64 Å². The number of pyridine rings is 3. The van der Waals surface area contributed by atoms with E-state index >= 15 is 0 Å². The van der Waals surface area contributed by atoms with Crippen LogP contribution in [-0.2, 0) is 13.1 Å². The van der Waals surface area contributed by atoms with E-state index in [-0.39, 0.29) is 17.0 Å². The lowest BCUT2D eigenvalue weighted by Gasteiger charge is -2.15. The fourth-order valence-electron chi connectivity index (χ4n) is 3.98. The highest BCUT2D eigenvalue weighted by Gasteiger charge is 2.29. The Morgan fingerprint density at radius 1 is 1.06 bits per heavy atom. The van der Waals surface area contributed by atoms with Crippen LogP contribution >= 0.6 is 22.9 Å². The number of thiazole rings is 1. The molecule has 0 aromatic carbocycles. The number of anilines is 1. The van der Waals surface area contributed by atoms with Crippen LogP contribution in [0.15, 0.2) is 42.7 Å². The summed E-state index contributed by atoms with van der Waals surface area (Å²) in [5.74, 6) is -0.0215. The van der Waals surface area contributed by atoms with Crippen molar-refractivity contribution in [2.24, 2.45) is 0 Å². The number of aryl methyl sites for hydroxylation is 2. The molecule has 0 bridgehead atoms. The van der Waals surface area contributed by atoms with Crippen molar-refractivity contribution < 1.29 is 14.3 Å². The van der Waals surface area contributed by atoms with Crippen molar-refractivity contribution in [3.8, 4) is 16.9 Å². The van der Waals surface area contributed by atoms with Crippen molar-refractivity contribution in [1.29, 1.82) is 0 Å². The number of amides is 2. The highest BCUT2D eigenvalue weighted by atomic mass is 35.5. The minimum absolute atomic E-state index is 0.144. The molecule has 0 radical (unpaired) electrons. The topological polar surface area (TPSA) is 110 Å². The zero-order valence-corrected chi connectivity index (χ0v) is 21.3. The number of halogens is 1. The Bertz CT molecular complexity index is 1480. The van der Waals surface area contributed by atoms with Gasteiger partial charge in [-0.05, 0) is 38.1 Å². The standard InChI is InChI=1S/C25H21ClN6O3S/c1-13-5-4-6-18(29-13)24(34)32-11-19-21(12-32)36-25(30-19)31-23(33)17-9-27-14(2)7-15(17)16-8-22(26)28-10-20(16)35-3/h4-10H,11-12H2,1-3H3,(H,30,31,33). The summed E-state index contributed by atoms with van der Waals surface area (Å²) in [7, 11) is 1.53. The average Bonchev–Trinajstić information content (AvgIpc) is 3.42. The van der Waals surface area contributed by atoms with Crippen LogP contribution in [0, 0.1) is 13.8 Å². The number of hydrogen-bond donors (Lipinski definition) is 1. The molecule has 0 saturated heterocycles. The summed E-state index contributed by atoms with van der Waals surface area (Å²) in [6.45, 7) is 4.47. The van der Waals surface area contributed by atoms with Gasteiger partial charge in [-0.1, -0.05) is 29.0 Å². The van der Waals surface area contributed by atoms with Crippen molar-refractivity contribution in [2.45, 2.75) is 26.9 Å². The number of nitrogens with one attached hydrogen (secondary N) is 1. The van der Waals surface area contributed by atoms with Crippen LogP contribution in [0.1, 0.15) is 42.8 Å². The zero-order chi connectivity index (χ0) is 25.4. The van der Waals surface area contributed by atoms with E-state index in [4.69, 9.17) is 16.3 Å². The highest BCUT2D eigenvalue weighted by molar-refractivity contribution is 7.16. The van der Waals surface area contributed by atoms with Gasteiger partial charge in [0, 0.05) is 28.7 Å². The molecule has 5 rings (SSSR count). The molecule has 4 aromatic rings. The maximum Gasteiger partial charge on any atom is 0.273 e. The van der Waals surface area contributed by atoms with E-state index < -0.39 is 0 Å². The van der Waals surface area contributed by atoms with E-state index in [9.17, 15) is 9.59 Å². The summed E-state index contributed by atoms with van der Waals surface area (Å²) in [5.41, 5.74) is 4.29. The number of rotatable bonds is 5. The second kappa shape index (κ2) is 9.63. The van der Waals surface area contributed by atoms with Crippen LogP contribution < -0.4 is 10.1 Å². The second-order valence-corrected chi connectivity index (χ2v) is 9.72. The Kier molecular flexibility index (Phi) is 6.38. The molecule has 1 aliphatic heterocycles. The SMILES string of the molecule is COc1cnc(Cl)cc1-c1cc(C)ncc1C(=O)Nc1nc2c(s1)CN(C(=O)c1cccc(C)n1)C2. The minimum atomic E-state index is -0.364. The molecule has 0 spiro atoms. The Hall–Kier alpha value is -3.89. The van der Waals surface area contributed by atoms with Crippen LogP contribution in [0.25, 0.3) is 11.1 Å². The maximum atomic E-state index is 13.3. The number of nitrogens with zero attached hydrogens (tertiary/aromatic N) is 5. The fourth-order valence-corrected chi connectivity index (χ4v) is 5.12. The lowest BCUT2D eigenvalue weighted by molar-refractivity contribution is 0.0744. The molecule has 11 heteroatoms. The largest absolute Gasteiger partial charge is 0.494 e. The predicted molar refractivity (Wildman–Crippen MR) is 136 cm³/mol. The van der Waals surface area contributed by atoms with Gasteiger partial charge in [-0.3, -0.25) is 19.9 Å². The second-order valence-electron chi connectivity index (χ2n) is 8.25. The van der Waals surface area contributed by atoms with Gasteiger partial charge in [0.1, 0.15) is 16.6 Å². The Morgan fingerprint density at radius 2 is 1.89 bits per heavy atom. The van der Waals surface area contributed by atoms with Gasteiger partial charge in [-0.15, -0.1) is 0 Å². The molecule has 1 N–H and O–H groups in total. The molecule has 4 aromatic heterocycles. The van der Waals surface area contributed by atoms with Gasteiger partial charge >= 0.3 is 0 Å². The lowest BCUT2D eigenvalue weighted by Crippen LogP contribution is -2.26. The normalized spacial score (nSPS) is 12.4. The Labute approximate surface area is 216 Å². The molecule has 5 heterocycles. The van der Waals surface area contributed by atoms with E-state index in [1.807, 2.05) is 26.0 Å². The van der Waals surface area contributed by atoms with E-state index in [0.717, 1.165) is 22.0 Å². The van der Waals surface area contributed by atoms with Crippen molar-refractivity contribution in [2.75, 3.05) is 12.4 Å². The molecule has 36 heavy (non-hydrogen) atoms. The quantitative estimate of drug-likeness (QED) is 0.380. The lowest BCUT2D eigenvalue weighted by atomic mass is 10.0. The van der Waals surface area contributed by atoms with E-state index in [2.05, 4.69) is 25.3 Å². The molecule has 2 amide bonds. The molecular formula is C25H21ClN6O3S. The first-order valence-corrected chi connectivity index (χ1v) is 12.2. The molecule has 1 aliphatic rings. The summed E-state index contributed by atoms with van der Waals surface area (Å²) in [5, 5.41) is 3.61. The van der Waals surface area contributed by atoms with Gasteiger partial charge in [0.15, 0.2) is 5.13 Å². The molecule has 0 saturated carbocycles. The van der Waals surface area contributed by atoms with Crippen LogP contribution in [0.3, 0.4) is 0 Å². The third-order valence-electron chi connectivity index (χ3n) is 5.70. The van der Waals surface area contributed by atoms with Crippen LogP contribution in [0.5, 0.6) is 5.75 Å². The molecule has 9 nitrogen and oxygen atoms in total. The number of ether oxygens (including phenoxy) is 1. The van der Waals surface area contributed by atoms with Gasteiger partial charge in [-0.25, -0.2) is 15.0 Å². The summed E-state index contributed by atoms with van der Waals surface area (Å²) in [6, 6.07) is 8.82. The van der Waals surface area contributed by atoms with Crippen molar-refractivity contribution >= 4 is 39.9 Å². The Balaban J connectivity index is 1.36. The average molecular weight is 521 g/mol. The summed E-state index contributed by atoms with van der Waals surface area (Å²) in [4.78, 5) is 46.0. The van der Waals surface area contributed by atoms with Crippen LogP contribution in [0.4, 0.5) is 5.13 Å². The molecule has 182 valence electrons. The minimum Gasteiger partial charge on any atom is -0.494 e. The molecular weight excluding hydrogens is 500 g/mol. The predicted octanol–water partition coefficient (Wildman–Crippen LogP) is 4.68. The molecule has 0 unspecified atom stereocenters. The summed E-state index contributed by atoms with van der Waals surface area (Å²) < 4.78 is 5.44. The van der Waals surface area contributed by atoms with E-state index in [0.29, 0.717) is 46.4 Å². The molecule has 0 aliphatic carbocycles. The van der Waals surface area contributed by atoms with Gasteiger partial charge in [-0.2, -0.15) is 0 Å². The number of aromatic nitrogens is 4. The van der Waals surface area contributed by atoms with Gasteiger partial charge in [0.25, 0.3) is 11.8 Å². The first-order chi connectivity index (χ1) is 17.3. The zero-order valence-electron chi connectivity index (χ0n) is 19.7. The third-order valence-corrected chi connectivity index (χ3v) is 6.90. The van der Waals surface area contributed by atoms with Gasteiger partial charge in [0.05, 0.1) is 42.5 Å². The van der Waals surface area contributed by atoms with Crippen molar-refractivity contribution in [1.82, 2.24) is 24.8 Å². The summed E-state index contributed by atoms with van der Waals surface area (Å²) in [6.07, 6.45) is 3.03. The number of carbonyl (C=O) groups excluding carboxylic acids is 2. The van der Waals surface area contributed by atoms with Crippen molar-refractivity contribution in [3.05, 3.63) is 81.1 Å². The van der Waals surface area contributed by atoms with E-state index in [1.54, 1.807) is 23.1 Å². The van der Waals surface area contributed by atoms with Crippen LogP contribution in [-0.4, -0.2) is 43.8 Å². The first kappa shape index (κ1) is 23.8. The maximum absolute atomic E-state index is 13.3. The highest BCUT2D eigenvalue weighted by Crippen LogP contribution is 2.35. The number of methoxy groups -OCH3 is 1. The number of fused-ring (bicyclic) bond motifs is 1.